The highest BCUT2D eigenvalue weighted by molar-refractivity contribution is 5.76. The minimum absolute atomic E-state index is 0.0333. The minimum Gasteiger partial charge on any atom is -0.392 e. The van der Waals surface area contributed by atoms with Crippen LogP contribution in [0.3, 0.4) is 0 Å². The smallest absolute Gasteiger partial charge is 0.222 e. The molecule has 1 unspecified atom stereocenters. The fraction of sp³-hybridized carbons (Fsp3) is 0.588. The van der Waals surface area contributed by atoms with Crippen molar-refractivity contribution in [1.82, 2.24) is 5.32 Å². The number of carbonyl (C=O) groups is 1. The van der Waals surface area contributed by atoms with Crippen LogP contribution in [0.5, 0.6) is 0 Å². The molecule has 0 bridgehead atoms. The Bertz CT molecular complexity index is 531. The van der Waals surface area contributed by atoms with Crippen LogP contribution in [0.15, 0.2) is 18.2 Å². The lowest BCUT2D eigenvalue weighted by Crippen LogP contribution is -2.36. The van der Waals surface area contributed by atoms with Crippen molar-refractivity contribution in [3.63, 3.8) is 0 Å². The largest absolute Gasteiger partial charge is 0.392 e. The predicted octanol–water partition coefficient (Wildman–Crippen LogP) is 1.69. The quantitative estimate of drug-likeness (QED) is 0.836. The molecule has 23 heavy (non-hydrogen) atoms. The number of morpholine rings is 1. The summed E-state index contributed by atoms with van der Waals surface area (Å²) in [5, 5.41) is 12.4. The maximum atomic E-state index is 14.2. The molecule has 0 saturated carbocycles. The number of amides is 1. The molecular weight excluding hydrogens is 299 g/mol. The number of nitrogens with zero attached hydrogens (tertiary/aromatic N) is 1. The first-order valence-corrected chi connectivity index (χ1v) is 8.03. The van der Waals surface area contributed by atoms with Gasteiger partial charge in [-0.15, -0.1) is 0 Å². The third-order valence-electron chi connectivity index (χ3n) is 4.02. The SMILES string of the molecule is CC(C)C(O)CC(=O)NCc1ccc(N2CCOCC2)c(F)c1. The van der Waals surface area contributed by atoms with Crippen LogP contribution in [-0.4, -0.2) is 43.4 Å². The van der Waals surface area contributed by atoms with Gasteiger partial charge in [0.15, 0.2) is 0 Å². The molecule has 0 aromatic heterocycles. The predicted molar refractivity (Wildman–Crippen MR) is 86.7 cm³/mol. The lowest BCUT2D eigenvalue weighted by Gasteiger charge is -2.29. The molecule has 0 spiro atoms. The molecule has 2 N–H and O–H groups in total. The van der Waals surface area contributed by atoms with Crippen LogP contribution < -0.4 is 10.2 Å². The number of aliphatic hydroxyl groups excluding tert-OH is 1. The molecule has 0 aliphatic carbocycles. The minimum atomic E-state index is -0.657. The van der Waals surface area contributed by atoms with E-state index < -0.39 is 6.10 Å². The standard InChI is InChI=1S/C17H25FN2O3/c1-12(2)16(21)10-17(22)19-11-13-3-4-15(14(18)9-13)20-5-7-23-8-6-20/h3-4,9,12,16,21H,5-8,10-11H2,1-2H3,(H,19,22). The Morgan fingerprint density at radius 1 is 1.39 bits per heavy atom. The number of anilines is 1. The molecule has 5 nitrogen and oxygen atoms in total. The van der Waals surface area contributed by atoms with Crippen LogP contribution in [0.25, 0.3) is 0 Å². The molecule has 1 aliphatic rings. The van der Waals surface area contributed by atoms with E-state index in [9.17, 15) is 14.3 Å². The van der Waals surface area contributed by atoms with Crippen molar-refractivity contribution >= 4 is 11.6 Å². The van der Waals surface area contributed by atoms with Gasteiger partial charge in [-0.25, -0.2) is 4.39 Å². The second kappa shape index (κ2) is 8.26. The highest BCUT2D eigenvalue weighted by Gasteiger charge is 2.16. The van der Waals surface area contributed by atoms with Gasteiger partial charge in [0.1, 0.15) is 5.82 Å². The Morgan fingerprint density at radius 2 is 2.09 bits per heavy atom. The second-order valence-electron chi connectivity index (χ2n) is 6.18. The molecule has 1 atom stereocenters. The number of rotatable bonds is 6. The van der Waals surface area contributed by atoms with Crippen LogP contribution >= 0.6 is 0 Å². The Labute approximate surface area is 136 Å². The zero-order valence-corrected chi connectivity index (χ0v) is 13.7. The number of halogens is 1. The summed E-state index contributed by atoms with van der Waals surface area (Å²) in [5.74, 6) is -0.490. The van der Waals surface area contributed by atoms with Gasteiger partial charge in [0.2, 0.25) is 5.91 Å². The lowest BCUT2D eigenvalue weighted by molar-refractivity contribution is -0.123. The van der Waals surface area contributed by atoms with Crippen molar-refractivity contribution in [1.29, 1.82) is 0 Å². The number of aliphatic hydroxyl groups is 1. The first-order valence-electron chi connectivity index (χ1n) is 8.03. The van der Waals surface area contributed by atoms with Gasteiger partial charge in [0, 0.05) is 19.6 Å². The molecule has 1 aliphatic heterocycles. The van der Waals surface area contributed by atoms with Gasteiger partial charge in [-0.1, -0.05) is 19.9 Å². The van der Waals surface area contributed by atoms with Crippen LogP contribution in [-0.2, 0) is 16.1 Å². The van der Waals surface area contributed by atoms with Crippen molar-refractivity contribution in [2.45, 2.75) is 32.9 Å². The summed E-state index contributed by atoms with van der Waals surface area (Å²) >= 11 is 0. The fourth-order valence-electron chi connectivity index (χ4n) is 2.42. The summed E-state index contributed by atoms with van der Waals surface area (Å²) in [7, 11) is 0. The molecule has 2 rings (SSSR count). The van der Waals surface area contributed by atoms with E-state index in [2.05, 4.69) is 5.32 Å². The molecule has 1 saturated heterocycles. The Morgan fingerprint density at radius 3 is 2.70 bits per heavy atom. The van der Waals surface area contributed by atoms with Crippen LogP contribution in [0, 0.1) is 11.7 Å². The van der Waals surface area contributed by atoms with Gasteiger partial charge in [0.05, 0.1) is 31.4 Å². The second-order valence-corrected chi connectivity index (χ2v) is 6.18. The highest BCUT2D eigenvalue weighted by atomic mass is 19.1. The van der Waals surface area contributed by atoms with E-state index in [0.717, 1.165) is 0 Å². The van der Waals surface area contributed by atoms with E-state index in [0.29, 0.717) is 37.6 Å². The molecule has 6 heteroatoms. The summed E-state index contributed by atoms with van der Waals surface area (Å²) in [6.07, 6.45) is -0.595. The zero-order valence-electron chi connectivity index (χ0n) is 13.7. The van der Waals surface area contributed by atoms with Gasteiger partial charge >= 0.3 is 0 Å². The molecule has 1 heterocycles. The Balaban J connectivity index is 1.89. The summed E-state index contributed by atoms with van der Waals surface area (Å²) in [6, 6.07) is 5.00. The van der Waals surface area contributed by atoms with Crippen LogP contribution in [0.1, 0.15) is 25.8 Å². The number of benzene rings is 1. The normalized spacial score (nSPS) is 16.5. The summed E-state index contributed by atoms with van der Waals surface area (Å²) in [4.78, 5) is 13.7. The monoisotopic (exact) mass is 324 g/mol. The molecular formula is C17H25FN2O3. The van der Waals surface area contributed by atoms with Crippen LogP contribution in [0.2, 0.25) is 0 Å². The Hall–Kier alpha value is -1.66. The van der Waals surface area contributed by atoms with Crippen molar-refractivity contribution in [2.75, 3.05) is 31.2 Å². The molecule has 1 aromatic carbocycles. The summed E-state index contributed by atoms with van der Waals surface area (Å²) in [6.45, 7) is 6.55. The lowest BCUT2D eigenvalue weighted by atomic mass is 10.0. The van der Waals surface area contributed by atoms with E-state index in [-0.39, 0.29) is 30.6 Å². The van der Waals surface area contributed by atoms with E-state index in [1.54, 1.807) is 6.07 Å². The number of ether oxygens (including phenoxy) is 1. The highest BCUT2D eigenvalue weighted by Crippen LogP contribution is 2.21. The maximum absolute atomic E-state index is 14.2. The topological polar surface area (TPSA) is 61.8 Å². The van der Waals surface area contributed by atoms with Gasteiger partial charge in [-0.3, -0.25) is 4.79 Å². The number of nitrogens with one attached hydrogen (secondary N) is 1. The molecule has 128 valence electrons. The van der Waals surface area contributed by atoms with Gasteiger partial charge in [-0.2, -0.15) is 0 Å². The van der Waals surface area contributed by atoms with Gasteiger partial charge in [-0.05, 0) is 23.6 Å². The van der Waals surface area contributed by atoms with Crippen molar-refractivity contribution < 1.29 is 19.0 Å². The fourth-order valence-corrected chi connectivity index (χ4v) is 2.42. The molecule has 1 amide bonds. The average molecular weight is 324 g/mol. The van der Waals surface area contributed by atoms with Gasteiger partial charge < -0.3 is 20.1 Å². The number of hydrogen-bond donors (Lipinski definition) is 2. The number of hydrogen-bond acceptors (Lipinski definition) is 4. The average Bonchev–Trinajstić information content (AvgIpc) is 2.53. The molecule has 1 fully saturated rings. The third-order valence-corrected chi connectivity index (χ3v) is 4.02. The third kappa shape index (κ3) is 5.18. The molecule has 0 radical (unpaired) electrons. The van der Waals surface area contributed by atoms with E-state index in [1.165, 1.54) is 6.07 Å². The van der Waals surface area contributed by atoms with Crippen molar-refractivity contribution in [3.05, 3.63) is 29.6 Å². The summed E-state index contributed by atoms with van der Waals surface area (Å²) in [5.41, 5.74) is 1.27. The maximum Gasteiger partial charge on any atom is 0.222 e. The van der Waals surface area contributed by atoms with Gasteiger partial charge in [0.25, 0.3) is 0 Å². The zero-order chi connectivity index (χ0) is 16.8. The van der Waals surface area contributed by atoms with E-state index in [4.69, 9.17) is 4.74 Å². The van der Waals surface area contributed by atoms with E-state index >= 15 is 0 Å². The van der Waals surface area contributed by atoms with Crippen LogP contribution in [0.4, 0.5) is 10.1 Å². The Kier molecular flexibility index (Phi) is 6.36. The summed E-state index contributed by atoms with van der Waals surface area (Å²) < 4.78 is 19.5. The first-order chi connectivity index (χ1) is 11.0. The van der Waals surface area contributed by atoms with Crippen molar-refractivity contribution in [2.24, 2.45) is 5.92 Å². The molecule has 1 aromatic rings. The first kappa shape index (κ1) is 17.7. The van der Waals surface area contributed by atoms with Crippen molar-refractivity contribution in [3.8, 4) is 0 Å². The number of carbonyl (C=O) groups excluding carboxylic acids is 1. The van der Waals surface area contributed by atoms with E-state index in [1.807, 2.05) is 24.8 Å².